The van der Waals surface area contributed by atoms with E-state index < -0.39 is 21.5 Å². The van der Waals surface area contributed by atoms with Crippen molar-refractivity contribution in [3.63, 3.8) is 0 Å². The smallest absolute Gasteiger partial charge is 0.267 e. The standard InChI is InChI=1S/C20H28N2O5S/c1-14-9-10-17(16(13-14)27-3)28(25,26)21-19(24)20(2)11-12-22(20)18(23)15-7-5-4-6-8-15/h9-10,13,15H,4-8,11-12H2,1-3H3,(H,21,24). The second-order valence-corrected chi connectivity index (χ2v) is 9.59. The Morgan fingerprint density at radius 3 is 2.46 bits per heavy atom. The van der Waals surface area contributed by atoms with Gasteiger partial charge in [0.25, 0.3) is 15.9 Å². The molecule has 28 heavy (non-hydrogen) atoms. The Hall–Kier alpha value is -2.09. The van der Waals surface area contributed by atoms with Crippen LogP contribution in [0.15, 0.2) is 23.1 Å². The summed E-state index contributed by atoms with van der Waals surface area (Å²) in [5.41, 5.74) is -0.295. The van der Waals surface area contributed by atoms with Gasteiger partial charge in [0.2, 0.25) is 5.91 Å². The van der Waals surface area contributed by atoms with E-state index in [1.165, 1.54) is 13.2 Å². The fourth-order valence-corrected chi connectivity index (χ4v) is 5.23. The van der Waals surface area contributed by atoms with Crippen LogP contribution in [0.2, 0.25) is 0 Å². The molecule has 1 aliphatic carbocycles. The lowest BCUT2D eigenvalue weighted by Crippen LogP contribution is -2.68. The second-order valence-electron chi connectivity index (χ2n) is 7.94. The molecule has 1 saturated heterocycles. The first kappa shape index (κ1) is 20.6. The first-order chi connectivity index (χ1) is 13.2. The molecule has 1 atom stereocenters. The minimum absolute atomic E-state index is 0.0334. The highest BCUT2D eigenvalue weighted by molar-refractivity contribution is 7.90. The van der Waals surface area contributed by atoms with Crippen molar-refractivity contribution < 1.29 is 22.7 Å². The summed E-state index contributed by atoms with van der Waals surface area (Å²) in [6.45, 7) is 3.93. The molecule has 1 heterocycles. The summed E-state index contributed by atoms with van der Waals surface area (Å²) < 4.78 is 32.9. The van der Waals surface area contributed by atoms with Gasteiger partial charge in [0, 0.05) is 12.5 Å². The van der Waals surface area contributed by atoms with E-state index in [1.807, 2.05) is 6.92 Å². The minimum atomic E-state index is -4.11. The Morgan fingerprint density at radius 2 is 1.89 bits per heavy atom. The van der Waals surface area contributed by atoms with Gasteiger partial charge in [0.05, 0.1) is 7.11 Å². The molecular weight excluding hydrogens is 380 g/mol. The molecule has 2 aliphatic rings. The molecule has 2 fully saturated rings. The average Bonchev–Trinajstić information content (AvgIpc) is 2.66. The number of nitrogens with one attached hydrogen (secondary N) is 1. The number of carbonyl (C=O) groups is 2. The number of nitrogens with zero attached hydrogens (tertiary/aromatic N) is 1. The molecule has 154 valence electrons. The molecule has 0 spiro atoms. The van der Waals surface area contributed by atoms with E-state index >= 15 is 0 Å². The van der Waals surface area contributed by atoms with Gasteiger partial charge in [-0.25, -0.2) is 13.1 Å². The van der Waals surface area contributed by atoms with Crippen molar-refractivity contribution in [1.29, 1.82) is 0 Å². The fraction of sp³-hybridized carbons (Fsp3) is 0.600. The Bertz CT molecular complexity index is 877. The summed E-state index contributed by atoms with van der Waals surface area (Å²) in [7, 11) is -2.73. The lowest BCUT2D eigenvalue weighted by molar-refractivity contribution is -0.160. The molecule has 0 bridgehead atoms. The molecule has 7 nitrogen and oxygen atoms in total. The normalized spacial score (nSPS) is 23.0. The number of carbonyl (C=O) groups excluding carboxylic acids is 2. The van der Waals surface area contributed by atoms with Gasteiger partial charge < -0.3 is 9.64 Å². The third kappa shape index (κ3) is 3.74. The van der Waals surface area contributed by atoms with Crippen molar-refractivity contribution in [2.75, 3.05) is 13.7 Å². The third-order valence-corrected chi connectivity index (χ3v) is 7.33. The van der Waals surface area contributed by atoms with E-state index in [9.17, 15) is 18.0 Å². The number of sulfonamides is 1. The second kappa shape index (κ2) is 7.73. The zero-order valence-electron chi connectivity index (χ0n) is 16.7. The van der Waals surface area contributed by atoms with Crippen molar-refractivity contribution in [3.05, 3.63) is 23.8 Å². The maximum absolute atomic E-state index is 12.9. The van der Waals surface area contributed by atoms with Crippen LogP contribution in [0, 0.1) is 12.8 Å². The number of benzene rings is 1. The zero-order valence-corrected chi connectivity index (χ0v) is 17.5. The molecule has 1 aromatic rings. The summed E-state index contributed by atoms with van der Waals surface area (Å²) in [6, 6.07) is 4.66. The quantitative estimate of drug-likeness (QED) is 0.807. The van der Waals surface area contributed by atoms with E-state index in [0.717, 1.165) is 37.7 Å². The summed E-state index contributed by atoms with van der Waals surface area (Å²) >= 11 is 0. The van der Waals surface area contributed by atoms with Crippen LogP contribution >= 0.6 is 0 Å². The Kier molecular flexibility index (Phi) is 5.70. The number of rotatable bonds is 5. The van der Waals surface area contributed by atoms with E-state index in [1.54, 1.807) is 24.0 Å². The highest BCUT2D eigenvalue weighted by atomic mass is 32.2. The van der Waals surface area contributed by atoms with Crippen LogP contribution in [0.4, 0.5) is 0 Å². The van der Waals surface area contributed by atoms with Gasteiger partial charge in [-0.2, -0.15) is 0 Å². The van der Waals surface area contributed by atoms with E-state index in [0.29, 0.717) is 13.0 Å². The minimum Gasteiger partial charge on any atom is -0.495 e. The number of aryl methyl sites for hydroxylation is 1. The number of likely N-dealkylation sites (tertiary alicyclic amines) is 1. The SMILES string of the molecule is COc1cc(C)ccc1S(=O)(=O)NC(=O)C1(C)CCN1C(=O)C1CCCCC1. The summed E-state index contributed by atoms with van der Waals surface area (Å²) in [6.07, 6.45) is 5.30. The monoisotopic (exact) mass is 408 g/mol. The Labute approximate surface area is 166 Å². The van der Waals surface area contributed by atoms with Gasteiger partial charge in [-0.1, -0.05) is 25.3 Å². The fourth-order valence-electron chi connectivity index (χ4n) is 4.00. The highest BCUT2D eigenvalue weighted by Gasteiger charge is 2.51. The molecule has 1 aromatic carbocycles. The molecule has 1 aliphatic heterocycles. The molecule has 1 unspecified atom stereocenters. The van der Waals surface area contributed by atoms with Crippen LogP contribution in [0.1, 0.15) is 51.0 Å². The summed E-state index contributed by atoms with van der Waals surface area (Å²) in [5, 5.41) is 0. The Morgan fingerprint density at radius 1 is 1.21 bits per heavy atom. The van der Waals surface area contributed by atoms with E-state index in [-0.39, 0.29) is 22.5 Å². The van der Waals surface area contributed by atoms with Crippen molar-refractivity contribution in [2.45, 2.75) is 62.8 Å². The first-order valence-corrected chi connectivity index (χ1v) is 11.2. The summed E-state index contributed by atoms with van der Waals surface area (Å²) in [4.78, 5) is 27.2. The summed E-state index contributed by atoms with van der Waals surface area (Å²) in [5.74, 6) is -0.594. The average molecular weight is 409 g/mol. The van der Waals surface area contributed by atoms with Crippen LogP contribution in [0.3, 0.4) is 0 Å². The highest BCUT2D eigenvalue weighted by Crippen LogP contribution is 2.36. The van der Waals surface area contributed by atoms with Gasteiger partial charge in [0.1, 0.15) is 16.2 Å². The van der Waals surface area contributed by atoms with Gasteiger partial charge in [-0.3, -0.25) is 9.59 Å². The number of hydrogen-bond donors (Lipinski definition) is 1. The number of amides is 2. The third-order valence-electron chi connectivity index (χ3n) is 5.96. The lowest BCUT2D eigenvalue weighted by atomic mass is 9.81. The Balaban J connectivity index is 1.77. The van der Waals surface area contributed by atoms with Crippen LogP contribution in [-0.2, 0) is 19.6 Å². The molecule has 8 heteroatoms. The van der Waals surface area contributed by atoms with Crippen LogP contribution < -0.4 is 9.46 Å². The number of methoxy groups -OCH3 is 1. The molecule has 0 aromatic heterocycles. The van der Waals surface area contributed by atoms with Gasteiger partial charge in [0.15, 0.2) is 0 Å². The molecule has 1 N–H and O–H groups in total. The van der Waals surface area contributed by atoms with Crippen molar-refractivity contribution in [3.8, 4) is 5.75 Å². The van der Waals surface area contributed by atoms with Crippen LogP contribution in [-0.4, -0.2) is 44.3 Å². The molecular formula is C20H28N2O5S. The molecule has 1 saturated carbocycles. The maximum Gasteiger partial charge on any atom is 0.267 e. The number of ether oxygens (including phenoxy) is 1. The first-order valence-electron chi connectivity index (χ1n) is 9.72. The largest absolute Gasteiger partial charge is 0.495 e. The van der Waals surface area contributed by atoms with Crippen molar-refractivity contribution >= 4 is 21.8 Å². The van der Waals surface area contributed by atoms with Crippen LogP contribution in [0.5, 0.6) is 5.75 Å². The number of hydrogen-bond acceptors (Lipinski definition) is 5. The maximum atomic E-state index is 12.9. The lowest BCUT2D eigenvalue weighted by Gasteiger charge is -2.50. The van der Waals surface area contributed by atoms with E-state index in [4.69, 9.17) is 4.74 Å². The van der Waals surface area contributed by atoms with Crippen molar-refractivity contribution in [1.82, 2.24) is 9.62 Å². The van der Waals surface area contributed by atoms with Crippen LogP contribution in [0.25, 0.3) is 0 Å². The van der Waals surface area contributed by atoms with Gasteiger partial charge in [-0.05, 0) is 50.8 Å². The topological polar surface area (TPSA) is 92.8 Å². The predicted molar refractivity (Wildman–Crippen MR) is 104 cm³/mol. The van der Waals surface area contributed by atoms with E-state index in [2.05, 4.69) is 4.72 Å². The molecule has 2 amide bonds. The molecule has 3 rings (SSSR count). The van der Waals surface area contributed by atoms with Gasteiger partial charge >= 0.3 is 0 Å². The zero-order chi connectivity index (χ0) is 20.5. The van der Waals surface area contributed by atoms with Crippen molar-refractivity contribution in [2.24, 2.45) is 5.92 Å². The molecule has 0 radical (unpaired) electrons. The predicted octanol–water partition coefficient (Wildman–Crippen LogP) is 2.38. The van der Waals surface area contributed by atoms with Gasteiger partial charge in [-0.15, -0.1) is 0 Å².